The third kappa shape index (κ3) is 2.41. The average molecular weight is 290 g/mol. The van der Waals surface area contributed by atoms with E-state index in [1.165, 1.54) is 5.56 Å². The van der Waals surface area contributed by atoms with Gasteiger partial charge in [-0.25, -0.2) is 0 Å². The molecule has 0 aliphatic rings. The van der Waals surface area contributed by atoms with Crippen molar-refractivity contribution < 1.29 is 4.74 Å². The van der Waals surface area contributed by atoms with Crippen molar-refractivity contribution in [3.05, 3.63) is 63.7 Å². The zero-order valence-electron chi connectivity index (χ0n) is 12.3. The van der Waals surface area contributed by atoms with E-state index >= 15 is 0 Å². The van der Waals surface area contributed by atoms with Crippen molar-refractivity contribution in [3.8, 4) is 5.75 Å². The topological polar surface area (TPSA) is 35.2 Å². The molecule has 0 spiro atoms. The Kier molecular flexibility index (Phi) is 4.07. The molecule has 0 heterocycles. The molecule has 0 amide bonds. The molecular formula is C17H20ClNO. The SMILES string of the molecule is COc1c(C(C)(N)c2ccccc2Cl)ccc(C)c1C. The Morgan fingerprint density at radius 3 is 2.30 bits per heavy atom. The van der Waals surface area contributed by atoms with Crippen molar-refractivity contribution >= 4 is 11.6 Å². The van der Waals surface area contributed by atoms with Crippen molar-refractivity contribution in [2.75, 3.05) is 7.11 Å². The van der Waals surface area contributed by atoms with Crippen LogP contribution in [0.5, 0.6) is 5.75 Å². The highest BCUT2D eigenvalue weighted by Gasteiger charge is 2.30. The molecule has 2 aromatic carbocycles. The molecule has 0 aliphatic carbocycles. The number of aryl methyl sites for hydroxylation is 1. The predicted octanol–water partition coefficient (Wildman–Crippen LogP) is 4.19. The van der Waals surface area contributed by atoms with Crippen molar-refractivity contribution in [1.82, 2.24) is 0 Å². The molecule has 0 bridgehead atoms. The van der Waals surface area contributed by atoms with Gasteiger partial charge in [0, 0.05) is 10.6 Å². The number of methoxy groups -OCH3 is 1. The Balaban J connectivity index is 2.67. The maximum Gasteiger partial charge on any atom is 0.127 e. The number of hydrogen-bond donors (Lipinski definition) is 1. The lowest BCUT2D eigenvalue weighted by molar-refractivity contribution is 0.395. The van der Waals surface area contributed by atoms with Crippen LogP contribution in [0.1, 0.15) is 29.2 Å². The van der Waals surface area contributed by atoms with E-state index in [9.17, 15) is 0 Å². The molecule has 1 atom stereocenters. The van der Waals surface area contributed by atoms with Gasteiger partial charge in [-0.2, -0.15) is 0 Å². The molecule has 3 heteroatoms. The second kappa shape index (κ2) is 5.47. The molecule has 2 N–H and O–H groups in total. The summed E-state index contributed by atoms with van der Waals surface area (Å²) in [6, 6.07) is 11.7. The Hall–Kier alpha value is -1.51. The minimum absolute atomic E-state index is 0.665. The van der Waals surface area contributed by atoms with E-state index in [2.05, 4.69) is 13.0 Å². The lowest BCUT2D eigenvalue weighted by Crippen LogP contribution is -2.35. The maximum atomic E-state index is 6.59. The van der Waals surface area contributed by atoms with Gasteiger partial charge in [-0.3, -0.25) is 0 Å². The van der Waals surface area contributed by atoms with E-state index in [1.54, 1.807) is 7.11 Å². The number of rotatable bonds is 3. The van der Waals surface area contributed by atoms with Crippen LogP contribution in [0.3, 0.4) is 0 Å². The summed E-state index contributed by atoms with van der Waals surface area (Å²) in [5.74, 6) is 0.829. The van der Waals surface area contributed by atoms with Crippen LogP contribution >= 0.6 is 11.6 Å². The molecule has 0 aromatic heterocycles. The molecule has 0 saturated carbocycles. The standard InChI is InChI=1S/C17H20ClNO/c1-11-9-10-14(16(20-4)12(11)2)17(3,19)13-7-5-6-8-15(13)18/h5-10H,19H2,1-4H3. The van der Waals surface area contributed by atoms with E-state index < -0.39 is 5.54 Å². The van der Waals surface area contributed by atoms with Gasteiger partial charge >= 0.3 is 0 Å². The molecule has 0 aliphatic heterocycles. The third-order valence-corrected chi connectivity index (χ3v) is 4.20. The summed E-state index contributed by atoms with van der Waals surface area (Å²) in [5.41, 5.74) is 10.0. The maximum absolute atomic E-state index is 6.59. The summed E-state index contributed by atoms with van der Waals surface area (Å²) in [5, 5.41) is 0.665. The molecule has 0 radical (unpaired) electrons. The summed E-state index contributed by atoms with van der Waals surface area (Å²) in [4.78, 5) is 0. The van der Waals surface area contributed by atoms with Gasteiger partial charge in [0.1, 0.15) is 5.75 Å². The van der Waals surface area contributed by atoms with Crippen molar-refractivity contribution in [2.24, 2.45) is 5.73 Å². The van der Waals surface area contributed by atoms with E-state index in [1.807, 2.05) is 44.2 Å². The Labute approximate surface area is 125 Å². The van der Waals surface area contributed by atoms with Gasteiger partial charge in [0.2, 0.25) is 0 Å². The highest BCUT2D eigenvalue weighted by atomic mass is 35.5. The highest BCUT2D eigenvalue weighted by molar-refractivity contribution is 6.31. The van der Waals surface area contributed by atoms with Crippen LogP contribution in [0, 0.1) is 13.8 Å². The Bertz CT molecular complexity index is 635. The summed E-state index contributed by atoms with van der Waals surface area (Å²) >= 11 is 6.30. The zero-order valence-corrected chi connectivity index (χ0v) is 13.1. The molecule has 106 valence electrons. The summed E-state index contributed by atoms with van der Waals surface area (Å²) in [6.45, 7) is 6.06. The first-order valence-corrected chi connectivity index (χ1v) is 6.96. The lowest BCUT2D eigenvalue weighted by atomic mass is 9.83. The van der Waals surface area contributed by atoms with Gasteiger partial charge in [0.15, 0.2) is 0 Å². The summed E-state index contributed by atoms with van der Waals surface area (Å²) in [6.07, 6.45) is 0. The smallest absolute Gasteiger partial charge is 0.127 e. The predicted molar refractivity (Wildman–Crippen MR) is 84.6 cm³/mol. The van der Waals surface area contributed by atoms with E-state index in [0.717, 1.165) is 22.4 Å². The number of ether oxygens (including phenoxy) is 1. The Morgan fingerprint density at radius 2 is 1.70 bits per heavy atom. The van der Waals surface area contributed by atoms with Crippen LogP contribution < -0.4 is 10.5 Å². The molecule has 1 unspecified atom stereocenters. The molecule has 0 saturated heterocycles. The van der Waals surface area contributed by atoms with Gasteiger partial charge in [-0.05, 0) is 43.5 Å². The minimum Gasteiger partial charge on any atom is -0.496 e. The molecule has 2 aromatic rings. The fraction of sp³-hybridized carbons (Fsp3) is 0.294. The second-order valence-corrected chi connectivity index (χ2v) is 5.68. The number of nitrogens with two attached hydrogens (primary N) is 1. The van der Waals surface area contributed by atoms with Gasteiger partial charge in [-0.1, -0.05) is 41.9 Å². The molecule has 20 heavy (non-hydrogen) atoms. The van der Waals surface area contributed by atoms with E-state index in [4.69, 9.17) is 22.1 Å². The third-order valence-electron chi connectivity index (χ3n) is 3.87. The quantitative estimate of drug-likeness (QED) is 0.919. The first-order chi connectivity index (χ1) is 9.39. The molecule has 2 rings (SSSR count). The largest absolute Gasteiger partial charge is 0.496 e. The first-order valence-electron chi connectivity index (χ1n) is 6.58. The van der Waals surface area contributed by atoms with Gasteiger partial charge < -0.3 is 10.5 Å². The molecular weight excluding hydrogens is 270 g/mol. The average Bonchev–Trinajstić information content (AvgIpc) is 2.41. The van der Waals surface area contributed by atoms with Crippen molar-refractivity contribution in [1.29, 1.82) is 0 Å². The lowest BCUT2D eigenvalue weighted by Gasteiger charge is -2.29. The van der Waals surface area contributed by atoms with Crippen LogP contribution in [0.4, 0.5) is 0 Å². The van der Waals surface area contributed by atoms with E-state index in [-0.39, 0.29) is 0 Å². The van der Waals surface area contributed by atoms with Gasteiger partial charge in [0.05, 0.1) is 12.6 Å². The summed E-state index contributed by atoms with van der Waals surface area (Å²) in [7, 11) is 1.67. The van der Waals surface area contributed by atoms with Crippen LogP contribution in [0.25, 0.3) is 0 Å². The first kappa shape index (κ1) is 14.9. The number of halogens is 1. The molecule has 2 nitrogen and oxygen atoms in total. The van der Waals surface area contributed by atoms with Crippen LogP contribution in [0.2, 0.25) is 5.02 Å². The monoisotopic (exact) mass is 289 g/mol. The molecule has 0 fully saturated rings. The van der Waals surface area contributed by atoms with Gasteiger partial charge in [0.25, 0.3) is 0 Å². The van der Waals surface area contributed by atoms with Crippen molar-refractivity contribution in [3.63, 3.8) is 0 Å². The number of benzene rings is 2. The second-order valence-electron chi connectivity index (χ2n) is 5.27. The highest BCUT2D eigenvalue weighted by Crippen LogP contribution is 2.38. The normalized spacial score (nSPS) is 13.9. The minimum atomic E-state index is -0.706. The van der Waals surface area contributed by atoms with Crippen LogP contribution in [-0.2, 0) is 5.54 Å². The van der Waals surface area contributed by atoms with Crippen molar-refractivity contribution in [2.45, 2.75) is 26.3 Å². The summed E-state index contributed by atoms with van der Waals surface area (Å²) < 4.78 is 5.58. The zero-order chi connectivity index (χ0) is 14.9. The van der Waals surface area contributed by atoms with Crippen LogP contribution in [0.15, 0.2) is 36.4 Å². The Morgan fingerprint density at radius 1 is 1.05 bits per heavy atom. The van der Waals surface area contributed by atoms with E-state index in [0.29, 0.717) is 5.02 Å². The van der Waals surface area contributed by atoms with Crippen LogP contribution in [-0.4, -0.2) is 7.11 Å². The number of hydrogen-bond acceptors (Lipinski definition) is 2. The van der Waals surface area contributed by atoms with Gasteiger partial charge in [-0.15, -0.1) is 0 Å². The fourth-order valence-electron chi connectivity index (χ4n) is 2.49. The fourth-order valence-corrected chi connectivity index (χ4v) is 2.82.